The monoisotopic (exact) mass is 203 g/mol. The molecule has 1 aromatic heterocycles. The Hall–Kier alpha value is -1.42. The van der Waals surface area contributed by atoms with Crippen LogP contribution in [0.4, 0.5) is 4.39 Å². The van der Waals surface area contributed by atoms with Gasteiger partial charge in [0.05, 0.1) is 11.9 Å². The quantitative estimate of drug-likeness (QED) is 0.745. The van der Waals surface area contributed by atoms with Gasteiger partial charge in [-0.3, -0.25) is 4.98 Å². The highest BCUT2D eigenvalue weighted by Crippen LogP contribution is 1.99. The Bertz CT molecular complexity index is 310. The molecular formula is C8H7ClFNO2. The molecule has 0 aliphatic heterocycles. The maximum Gasteiger partial charge on any atom is 0.328 e. The Labute approximate surface area is 80.3 Å². The first-order valence-corrected chi connectivity index (χ1v) is 3.21. The zero-order valence-electron chi connectivity index (χ0n) is 6.48. The van der Waals surface area contributed by atoms with Crippen molar-refractivity contribution in [3.63, 3.8) is 0 Å². The zero-order chi connectivity index (χ0) is 8.97. The highest BCUT2D eigenvalue weighted by molar-refractivity contribution is 5.85. The Morgan fingerprint density at radius 2 is 2.23 bits per heavy atom. The number of aliphatic carboxylic acids is 1. The van der Waals surface area contributed by atoms with Gasteiger partial charge >= 0.3 is 5.97 Å². The van der Waals surface area contributed by atoms with Gasteiger partial charge in [0.2, 0.25) is 0 Å². The van der Waals surface area contributed by atoms with Crippen molar-refractivity contribution in [1.82, 2.24) is 4.98 Å². The zero-order valence-corrected chi connectivity index (χ0v) is 7.29. The fraction of sp³-hybridized carbons (Fsp3) is 0. The third-order valence-electron chi connectivity index (χ3n) is 1.15. The fourth-order valence-corrected chi connectivity index (χ4v) is 0.643. The molecule has 0 aromatic carbocycles. The average Bonchev–Trinajstić information content (AvgIpc) is 2.03. The van der Waals surface area contributed by atoms with Crippen LogP contribution in [0.15, 0.2) is 24.4 Å². The van der Waals surface area contributed by atoms with Crippen molar-refractivity contribution in [2.45, 2.75) is 0 Å². The second-order valence-corrected chi connectivity index (χ2v) is 2.07. The van der Waals surface area contributed by atoms with E-state index in [0.29, 0.717) is 5.69 Å². The molecule has 0 radical (unpaired) electrons. The van der Waals surface area contributed by atoms with E-state index >= 15 is 0 Å². The molecule has 0 aliphatic carbocycles. The summed E-state index contributed by atoms with van der Waals surface area (Å²) in [4.78, 5) is 13.7. The van der Waals surface area contributed by atoms with Crippen LogP contribution in [0.5, 0.6) is 0 Å². The van der Waals surface area contributed by atoms with Gasteiger partial charge in [0.1, 0.15) is 5.82 Å². The summed E-state index contributed by atoms with van der Waals surface area (Å²) in [5.41, 5.74) is 0.416. The number of carbonyl (C=O) groups is 1. The summed E-state index contributed by atoms with van der Waals surface area (Å²) in [5.74, 6) is -1.50. The van der Waals surface area contributed by atoms with E-state index in [1.54, 1.807) is 0 Å². The number of carboxylic acids is 1. The van der Waals surface area contributed by atoms with E-state index < -0.39 is 11.8 Å². The molecule has 3 nitrogen and oxygen atoms in total. The predicted molar refractivity (Wildman–Crippen MR) is 48.1 cm³/mol. The largest absolute Gasteiger partial charge is 0.478 e. The molecule has 5 heteroatoms. The van der Waals surface area contributed by atoms with E-state index in [1.807, 2.05) is 0 Å². The third-order valence-corrected chi connectivity index (χ3v) is 1.15. The molecule has 0 unspecified atom stereocenters. The summed E-state index contributed by atoms with van der Waals surface area (Å²) in [6.45, 7) is 0. The Kier molecular flexibility index (Phi) is 4.69. The highest BCUT2D eigenvalue weighted by Gasteiger charge is 1.91. The number of halogens is 2. The van der Waals surface area contributed by atoms with Gasteiger partial charge in [0.25, 0.3) is 0 Å². The van der Waals surface area contributed by atoms with E-state index in [4.69, 9.17) is 5.11 Å². The maximum absolute atomic E-state index is 12.3. The minimum Gasteiger partial charge on any atom is -0.478 e. The van der Waals surface area contributed by atoms with Crippen molar-refractivity contribution in [3.05, 3.63) is 35.9 Å². The first kappa shape index (κ1) is 11.6. The molecule has 0 bridgehead atoms. The Morgan fingerprint density at radius 3 is 2.69 bits per heavy atom. The lowest BCUT2D eigenvalue weighted by atomic mass is 10.3. The summed E-state index contributed by atoms with van der Waals surface area (Å²) in [7, 11) is 0. The molecule has 1 N–H and O–H groups in total. The molecule has 1 aromatic rings. The standard InChI is InChI=1S/C8H6FNO2.ClH/c9-6-1-2-7(10-5-6)3-4-8(11)12;/h1-5H,(H,11,12);1H. The molecule has 0 spiro atoms. The highest BCUT2D eigenvalue weighted by atomic mass is 35.5. The lowest BCUT2D eigenvalue weighted by Gasteiger charge is -1.89. The average molecular weight is 204 g/mol. The first-order chi connectivity index (χ1) is 5.68. The van der Waals surface area contributed by atoms with Crippen LogP contribution in [-0.2, 0) is 4.79 Å². The number of hydrogen-bond donors (Lipinski definition) is 1. The van der Waals surface area contributed by atoms with Crippen molar-refractivity contribution in [2.75, 3.05) is 0 Å². The first-order valence-electron chi connectivity index (χ1n) is 3.21. The van der Waals surface area contributed by atoms with Gasteiger partial charge in [-0.15, -0.1) is 12.4 Å². The third kappa shape index (κ3) is 4.22. The van der Waals surface area contributed by atoms with Crippen LogP contribution in [-0.4, -0.2) is 16.1 Å². The molecule has 0 saturated carbocycles. The maximum atomic E-state index is 12.3. The lowest BCUT2D eigenvalue weighted by Crippen LogP contribution is -1.87. The number of hydrogen-bond acceptors (Lipinski definition) is 2. The van der Waals surface area contributed by atoms with Crippen LogP contribution in [0.25, 0.3) is 6.08 Å². The number of rotatable bonds is 2. The van der Waals surface area contributed by atoms with Crippen LogP contribution >= 0.6 is 12.4 Å². The van der Waals surface area contributed by atoms with Gasteiger partial charge < -0.3 is 5.11 Å². The van der Waals surface area contributed by atoms with Crippen molar-refractivity contribution in [1.29, 1.82) is 0 Å². The van der Waals surface area contributed by atoms with E-state index in [1.165, 1.54) is 18.2 Å². The molecule has 0 amide bonds. The van der Waals surface area contributed by atoms with Gasteiger partial charge in [0.15, 0.2) is 0 Å². The number of nitrogens with zero attached hydrogens (tertiary/aromatic N) is 1. The van der Waals surface area contributed by atoms with Crippen molar-refractivity contribution in [3.8, 4) is 0 Å². The summed E-state index contributed by atoms with van der Waals surface area (Å²) < 4.78 is 12.3. The Balaban J connectivity index is 0.00000144. The summed E-state index contributed by atoms with van der Waals surface area (Å²) >= 11 is 0. The number of carboxylic acid groups (broad SMARTS) is 1. The van der Waals surface area contributed by atoms with Crippen LogP contribution in [0, 0.1) is 5.82 Å². The van der Waals surface area contributed by atoms with Crippen molar-refractivity contribution in [2.24, 2.45) is 0 Å². The molecule has 13 heavy (non-hydrogen) atoms. The van der Waals surface area contributed by atoms with Gasteiger partial charge in [-0.1, -0.05) is 0 Å². The van der Waals surface area contributed by atoms with Crippen LogP contribution < -0.4 is 0 Å². The number of aromatic nitrogens is 1. The van der Waals surface area contributed by atoms with Gasteiger partial charge in [0, 0.05) is 6.08 Å². The van der Waals surface area contributed by atoms with Crippen LogP contribution in [0.3, 0.4) is 0 Å². The van der Waals surface area contributed by atoms with E-state index in [9.17, 15) is 9.18 Å². The van der Waals surface area contributed by atoms with E-state index in [-0.39, 0.29) is 12.4 Å². The van der Waals surface area contributed by atoms with Crippen LogP contribution in [0.1, 0.15) is 5.69 Å². The van der Waals surface area contributed by atoms with Gasteiger partial charge in [-0.05, 0) is 18.2 Å². The summed E-state index contributed by atoms with van der Waals surface area (Å²) in [6, 6.07) is 2.61. The van der Waals surface area contributed by atoms with Crippen LogP contribution in [0.2, 0.25) is 0 Å². The van der Waals surface area contributed by atoms with E-state index in [0.717, 1.165) is 12.3 Å². The second kappa shape index (κ2) is 5.27. The molecule has 0 fully saturated rings. The molecule has 1 rings (SSSR count). The minimum atomic E-state index is -1.05. The minimum absolute atomic E-state index is 0. The smallest absolute Gasteiger partial charge is 0.328 e. The fourth-order valence-electron chi connectivity index (χ4n) is 0.643. The molecular weight excluding hydrogens is 197 g/mol. The molecule has 70 valence electrons. The second-order valence-electron chi connectivity index (χ2n) is 2.07. The summed E-state index contributed by atoms with van der Waals surface area (Å²) in [5, 5.41) is 8.24. The Morgan fingerprint density at radius 1 is 1.54 bits per heavy atom. The van der Waals surface area contributed by atoms with Gasteiger partial charge in [-0.25, -0.2) is 9.18 Å². The molecule has 0 aliphatic rings. The SMILES string of the molecule is Cl.O=C(O)C=Cc1ccc(F)cn1. The topological polar surface area (TPSA) is 50.2 Å². The predicted octanol–water partition coefficient (Wildman–Crippen LogP) is 1.74. The van der Waals surface area contributed by atoms with Crippen molar-refractivity contribution < 1.29 is 14.3 Å². The molecule has 0 saturated heterocycles. The lowest BCUT2D eigenvalue weighted by molar-refractivity contribution is -0.131. The van der Waals surface area contributed by atoms with Crippen molar-refractivity contribution >= 4 is 24.5 Å². The summed E-state index contributed by atoms with van der Waals surface area (Å²) in [6.07, 6.45) is 3.27. The van der Waals surface area contributed by atoms with E-state index in [2.05, 4.69) is 4.98 Å². The molecule has 0 atom stereocenters. The van der Waals surface area contributed by atoms with Gasteiger partial charge in [-0.2, -0.15) is 0 Å². The normalized spacial score (nSPS) is 9.62. The number of pyridine rings is 1. The molecule has 1 heterocycles.